The van der Waals surface area contributed by atoms with Gasteiger partial charge in [0.15, 0.2) is 5.03 Å². The number of thiophene rings is 1. The number of rotatable bonds is 5. The van der Waals surface area contributed by atoms with E-state index in [1.54, 1.807) is 6.92 Å². The summed E-state index contributed by atoms with van der Waals surface area (Å²) < 4.78 is 29.7. The lowest BCUT2D eigenvalue weighted by Crippen LogP contribution is -2.27. The van der Waals surface area contributed by atoms with Crippen molar-refractivity contribution in [2.45, 2.75) is 37.4 Å². The zero-order chi connectivity index (χ0) is 21.5. The zero-order valence-electron chi connectivity index (χ0n) is 16.0. The van der Waals surface area contributed by atoms with Crippen molar-refractivity contribution in [2.75, 3.05) is 11.9 Å². The van der Waals surface area contributed by atoms with Crippen molar-refractivity contribution in [2.24, 2.45) is 5.14 Å². The number of carbonyl (C=O) groups is 1. The third kappa shape index (κ3) is 3.99. The highest BCUT2D eigenvalue weighted by Gasteiger charge is 2.23. The van der Waals surface area contributed by atoms with Gasteiger partial charge in [-0.2, -0.15) is 0 Å². The minimum absolute atomic E-state index is 0.0395. The lowest BCUT2D eigenvalue weighted by molar-refractivity contribution is 0.0960. The number of hydrogen-bond donors (Lipinski definition) is 2. The summed E-state index contributed by atoms with van der Waals surface area (Å²) in [6, 6.07) is 2.57. The van der Waals surface area contributed by atoms with Crippen LogP contribution in [0.2, 0.25) is 0 Å². The number of anilines is 1. The molecule has 4 heterocycles. The van der Waals surface area contributed by atoms with Gasteiger partial charge in [-0.1, -0.05) is 0 Å². The third-order valence-corrected chi connectivity index (χ3v) is 6.63. The maximum Gasteiger partial charge on any atom is 0.262 e. The van der Waals surface area contributed by atoms with Gasteiger partial charge in [-0.05, 0) is 31.9 Å². The first-order valence-electron chi connectivity index (χ1n) is 9.14. The van der Waals surface area contributed by atoms with Crippen LogP contribution in [-0.2, 0) is 21.3 Å². The fourth-order valence-electron chi connectivity index (χ4n) is 3.36. The molecule has 0 radical (unpaired) electrons. The van der Waals surface area contributed by atoms with E-state index in [1.807, 2.05) is 0 Å². The zero-order valence-corrected chi connectivity index (χ0v) is 17.6. The molecule has 1 aliphatic rings. The van der Waals surface area contributed by atoms with Gasteiger partial charge >= 0.3 is 0 Å². The highest BCUT2D eigenvalue weighted by molar-refractivity contribution is 7.89. The number of aryl methyl sites for hydroxylation is 1. The summed E-state index contributed by atoms with van der Waals surface area (Å²) in [6.45, 7) is 2.81. The summed E-state index contributed by atoms with van der Waals surface area (Å²) in [6.07, 6.45) is 4.47. The van der Waals surface area contributed by atoms with Crippen LogP contribution in [0, 0.1) is 6.92 Å². The first kappa shape index (κ1) is 20.6. The Balaban J connectivity index is 1.66. The Labute approximate surface area is 175 Å². The first-order chi connectivity index (χ1) is 14.2. The van der Waals surface area contributed by atoms with E-state index in [0.717, 1.165) is 12.8 Å². The van der Waals surface area contributed by atoms with E-state index >= 15 is 0 Å². The molecule has 0 saturated carbocycles. The lowest BCUT2D eigenvalue weighted by atomic mass is 10.1. The summed E-state index contributed by atoms with van der Waals surface area (Å²) in [5.74, 6) is -0.502. The standard InChI is InChI=1S/C18H19N5O5S2/c1-10-14(16(24)22-11-4-5-13(20-7-11)30(19,26)27)15-17(29-10)21-9-23(18(15)25)8-12-3-2-6-28-12/h4-5,7,9,12H,2-3,6,8H2,1H3,(H,22,24)(H2,19,26,27). The molecule has 0 aromatic carbocycles. The molecule has 1 amide bonds. The van der Waals surface area contributed by atoms with Gasteiger partial charge < -0.3 is 10.1 Å². The number of aromatic nitrogens is 3. The number of pyridine rings is 1. The second-order valence-corrected chi connectivity index (χ2v) is 9.65. The maximum absolute atomic E-state index is 13.1. The maximum atomic E-state index is 13.1. The fourth-order valence-corrected chi connectivity index (χ4v) is 4.80. The van der Waals surface area contributed by atoms with Crippen LogP contribution in [0.4, 0.5) is 5.69 Å². The van der Waals surface area contributed by atoms with Crippen LogP contribution in [0.5, 0.6) is 0 Å². The Kier molecular flexibility index (Phi) is 5.40. The van der Waals surface area contributed by atoms with Crippen LogP contribution in [0.15, 0.2) is 34.5 Å². The van der Waals surface area contributed by atoms with Crippen molar-refractivity contribution in [1.29, 1.82) is 0 Å². The lowest BCUT2D eigenvalue weighted by Gasteiger charge is -2.11. The number of amides is 1. The van der Waals surface area contributed by atoms with Crippen molar-refractivity contribution < 1.29 is 17.9 Å². The monoisotopic (exact) mass is 449 g/mol. The Morgan fingerprint density at radius 3 is 2.83 bits per heavy atom. The summed E-state index contributed by atoms with van der Waals surface area (Å²) in [5, 5.41) is 7.62. The van der Waals surface area contributed by atoms with E-state index in [9.17, 15) is 18.0 Å². The van der Waals surface area contributed by atoms with Crippen LogP contribution in [-0.4, -0.2) is 41.6 Å². The smallest absolute Gasteiger partial charge is 0.262 e. The molecule has 0 spiro atoms. The quantitative estimate of drug-likeness (QED) is 0.596. The van der Waals surface area contributed by atoms with Gasteiger partial charge in [0.1, 0.15) is 4.83 Å². The van der Waals surface area contributed by atoms with Gasteiger partial charge in [-0.25, -0.2) is 23.5 Å². The Hall–Kier alpha value is -2.67. The van der Waals surface area contributed by atoms with Gasteiger partial charge in [-0.3, -0.25) is 14.2 Å². The van der Waals surface area contributed by atoms with Crippen LogP contribution < -0.4 is 16.0 Å². The van der Waals surface area contributed by atoms with Crippen molar-refractivity contribution in [1.82, 2.24) is 14.5 Å². The van der Waals surface area contributed by atoms with Crippen LogP contribution >= 0.6 is 11.3 Å². The van der Waals surface area contributed by atoms with Gasteiger partial charge in [0.25, 0.3) is 21.5 Å². The molecule has 1 saturated heterocycles. The number of nitrogens with zero attached hydrogens (tertiary/aromatic N) is 3. The summed E-state index contributed by atoms with van der Waals surface area (Å²) in [4.78, 5) is 35.2. The molecule has 4 rings (SSSR count). The van der Waals surface area contributed by atoms with Crippen molar-refractivity contribution in [3.63, 3.8) is 0 Å². The van der Waals surface area contributed by atoms with E-state index in [0.29, 0.717) is 22.9 Å². The van der Waals surface area contributed by atoms with Gasteiger partial charge in [0.2, 0.25) is 0 Å². The fraction of sp³-hybridized carbons (Fsp3) is 0.333. The summed E-state index contributed by atoms with van der Waals surface area (Å²) in [7, 11) is -3.93. The van der Waals surface area contributed by atoms with E-state index < -0.39 is 15.9 Å². The van der Waals surface area contributed by atoms with E-state index in [2.05, 4.69) is 15.3 Å². The number of nitrogens with two attached hydrogens (primary N) is 1. The van der Waals surface area contributed by atoms with E-state index in [1.165, 1.54) is 40.6 Å². The molecule has 3 aromatic rings. The highest BCUT2D eigenvalue weighted by atomic mass is 32.2. The number of fused-ring (bicyclic) bond motifs is 1. The second-order valence-electron chi connectivity index (χ2n) is 6.93. The van der Waals surface area contributed by atoms with Crippen LogP contribution in [0.1, 0.15) is 28.1 Å². The summed E-state index contributed by atoms with van der Waals surface area (Å²) >= 11 is 1.26. The largest absolute Gasteiger partial charge is 0.376 e. The molecule has 3 N–H and O–H groups in total. The predicted molar refractivity (Wildman–Crippen MR) is 111 cm³/mol. The van der Waals surface area contributed by atoms with Gasteiger partial charge in [-0.15, -0.1) is 11.3 Å². The normalized spacial score (nSPS) is 16.8. The van der Waals surface area contributed by atoms with Crippen LogP contribution in [0.3, 0.4) is 0 Å². The third-order valence-electron chi connectivity index (χ3n) is 4.79. The molecular formula is C18H19N5O5S2. The average Bonchev–Trinajstić information content (AvgIpc) is 3.31. The molecule has 12 heteroatoms. The SMILES string of the molecule is Cc1sc2ncn(CC3CCCO3)c(=O)c2c1C(=O)Nc1ccc(S(N)(=O)=O)nc1. The van der Waals surface area contributed by atoms with Crippen molar-refractivity contribution >= 4 is 43.2 Å². The summed E-state index contributed by atoms with van der Waals surface area (Å²) in [5.41, 5.74) is 0.215. The molecule has 0 bridgehead atoms. The topological polar surface area (TPSA) is 146 Å². The molecule has 1 fully saturated rings. The molecule has 3 aromatic heterocycles. The van der Waals surface area contributed by atoms with E-state index in [-0.39, 0.29) is 33.3 Å². The van der Waals surface area contributed by atoms with Crippen LogP contribution in [0.25, 0.3) is 10.2 Å². The molecule has 30 heavy (non-hydrogen) atoms. The number of carbonyl (C=O) groups excluding carboxylic acids is 1. The second kappa shape index (κ2) is 7.87. The Morgan fingerprint density at radius 2 is 2.20 bits per heavy atom. The minimum Gasteiger partial charge on any atom is -0.376 e. The molecule has 158 valence electrons. The van der Waals surface area contributed by atoms with Crippen molar-refractivity contribution in [3.05, 3.63) is 45.5 Å². The highest BCUT2D eigenvalue weighted by Crippen LogP contribution is 2.28. The molecule has 0 aliphatic carbocycles. The molecular weight excluding hydrogens is 430 g/mol. The number of nitrogens with one attached hydrogen (secondary N) is 1. The predicted octanol–water partition coefficient (Wildman–Crippen LogP) is 1.24. The number of ether oxygens (including phenoxy) is 1. The van der Waals surface area contributed by atoms with Crippen molar-refractivity contribution in [3.8, 4) is 0 Å². The Bertz CT molecular complexity index is 1270. The number of sulfonamides is 1. The molecule has 1 unspecified atom stereocenters. The Morgan fingerprint density at radius 1 is 1.40 bits per heavy atom. The van der Waals surface area contributed by atoms with E-state index in [4.69, 9.17) is 9.88 Å². The number of primary sulfonamides is 1. The minimum atomic E-state index is -3.93. The molecule has 1 atom stereocenters. The first-order valence-corrected chi connectivity index (χ1v) is 11.5. The van der Waals surface area contributed by atoms with Gasteiger partial charge in [0.05, 0.1) is 41.8 Å². The average molecular weight is 450 g/mol. The van der Waals surface area contributed by atoms with Gasteiger partial charge in [0, 0.05) is 11.5 Å². The molecule has 10 nitrogen and oxygen atoms in total. The number of hydrogen-bond acceptors (Lipinski definition) is 8. The molecule has 1 aliphatic heterocycles.